The number of ether oxygens (including phenoxy) is 2. The van der Waals surface area contributed by atoms with E-state index in [1.807, 2.05) is 41.3 Å². The summed E-state index contributed by atoms with van der Waals surface area (Å²) in [7, 11) is 0. The first kappa shape index (κ1) is 20.6. The lowest BCUT2D eigenvalue weighted by atomic mass is 9.83. The Labute approximate surface area is 188 Å². The highest BCUT2D eigenvalue weighted by Gasteiger charge is 2.45. The quantitative estimate of drug-likeness (QED) is 0.715. The van der Waals surface area contributed by atoms with Gasteiger partial charge in [-0.2, -0.15) is 0 Å². The van der Waals surface area contributed by atoms with E-state index in [1.54, 1.807) is 6.20 Å². The number of carbonyl (C=O) groups excluding carboxylic acids is 1. The monoisotopic (exact) mass is 435 g/mol. The molecule has 1 fully saturated rings. The van der Waals surface area contributed by atoms with E-state index in [-0.39, 0.29) is 23.6 Å². The maximum atomic E-state index is 13.2. The number of para-hydroxylation sites is 2. The molecule has 1 aromatic carbocycles. The summed E-state index contributed by atoms with van der Waals surface area (Å²) in [5.41, 5.74) is 0.355. The van der Waals surface area contributed by atoms with Gasteiger partial charge in [-0.3, -0.25) is 9.79 Å². The number of aromatic nitrogens is 1. The second-order valence-corrected chi connectivity index (χ2v) is 9.55. The number of hydrogen-bond acceptors (Lipinski definition) is 6. The number of piperidine rings is 1. The summed E-state index contributed by atoms with van der Waals surface area (Å²) < 4.78 is 11.7. The van der Waals surface area contributed by atoms with Crippen LogP contribution in [0.25, 0.3) is 0 Å². The number of hydrogen-bond donors (Lipinski definition) is 2. The van der Waals surface area contributed by atoms with Crippen LogP contribution in [0.5, 0.6) is 11.5 Å². The number of nitrogens with zero attached hydrogens (tertiary/aromatic N) is 3. The highest BCUT2D eigenvalue weighted by atomic mass is 16.6. The average Bonchev–Trinajstić information content (AvgIpc) is 2.78. The van der Waals surface area contributed by atoms with Gasteiger partial charge >= 0.3 is 0 Å². The summed E-state index contributed by atoms with van der Waals surface area (Å²) in [6.45, 7) is 7.69. The lowest BCUT2D eigenvalue weighted by molar-refractivity contribution is -0.142. The third kappa shape index (κ3) is 3.85. The number of amides is 1. The van der Waals surface area contributed by atoms with Crippen molar-refractivity contribution in [2.75, 3.05) is 30.3 Å². The highest BCUT2D eigenvalue weighted by molar-refractivity contribution is 6.09. The van der Waals surface area contributed by atoms with Crippen LogP contribution in [0.15, 0.2) is 47.6 Å². The molecule has 4 heterocycles. The average molecular weight is 436 g/mol. The van der Waals surface area contributed by atoms with Crippen molar-refractivity contribution in [2.45, 2.75) is 50.8 Å². The predicted molar refractivity (Wildman–Crippen MR) is 124 cm³/mol. The van der Waals surface area contributed by atoms with Crippen molar-refractivity contribution in [3.8, 4) is 11.5 Å². The molecule has 5 rings (SSSR count). The van der Waals surface area contributed by atoms with Gasteiger partial charge in [0.1, 0.15) is 12.4 Å². The number of fused-ring (bicyclic) bond motifs is 2. The van der Waals surface area contributed by atoms with E-state index in [0.29, 0.717) is 24.6 Å². The molecular formula is C24H29N5O3. The van der Waals surface area contributed by atoms with E-state index < -0.39 is 6.10 Å². The topological polar surface area (TPSA) is 88.1 Å². The molecule has 0 saturated carbocycles. The molecule has 168 valence electrons. The molecule has 1 unspecified atom stereocenters. The Bertz CT molecular complexity index is 1050. The van der Waals surface area contributed by atoms with E-state index >= 15 is 0 Å². The van der Waals surface area contributed by atoms with Crippen molar-refractivity contribution < 1.29 is 14.3 Å². The van der Waals surface area contributed by atoms with Gasteiger partial charge < -0.3 is 25.0 Å². The minimum absolute atomic E-state index is 0.0329. The van der Waals surface area contributed by atoms with Crippen LogP contribution < -0.4 is 20.1 Å². The van der Waals surface area contributed by atoms with E-state index in [2.05, 4.69) is 36.4 Å². The van der Waals surface area contributed by atoms with Gasteiger partial charge in [0.15, 0.2) is 17.3 Å². The number of rotatable bonds is 1. The smallest absolute Gasteiger partial charge is 0.267 e. The standard InChI is InChI=1S/C24H29N5O3/c1-23(2,3)28-22-24(27-16-7-6-12-25-20(16)26-22)10-13-29(14-11-24)21(30)19-15-31-17-8-4-5-9-18(17)32-19/h4-9,12,19,27H,10-11,13-15H2,1-3H3,(H,25,26,28). The normalized spacial score (nSPS) is 22.7. The van der Waals surface area contributed by atoms with Crippen molar-refractivity contribution >= 4 is 23.2 Å². The molecule has 8 heteroatoms. The molecule has 0 bridgehead atoms. The van der Waals surface area contributed by atoms with Crippen molar-refractivity contribution in [3.05, 3.63) is 42.6 Å². The van der Waals surface area contributed by atoms with Crippen LogP contribution in [0.1, 0.15) is 33.6 Å². The first-order chi connectivity index (χ1) is 15.3. The number of carbonyl (C=O) groups is 1. The molecule has 32 heavy (non-hydrogen) atoms. The molecule has 1 spiro atoms. The van der Waals surface area contributed by atoms with E-state index in [4.69, 9.17) is 14.5 Å². The zero-order valence-electron chi connectivity index (χ0n) is 18.7. The van der Waals surface area contributed by atoms with Crippen LogP contribution in [0.3, 0.4) is 0 Å². The molecule has 3 aliphatic heterocycles. The maximum absolute atomic E-state index is 13.2. The largest absolute Gasteiger partial charge is 0.485 e. The summed E-state index contributed by atoms with van der Waals surface area (Å²) in [6.07, 6.45) is 2.62. The molecule has 1 aromatic heterocycles. The van der Waals surface area contributed by atoms with E-state index in [0.717, 1.165) is 30.2 Å². The van der Waals surface area contributed by atoms with Gasteiger partial charge in [0.2, 0.25) is 6.10 Å². The number of likely N-dealkylation sites (tertiary alicyclic amines) is 1. The summed E-state index contributed by atoms with van der Waals surface area (Å²) in [5, 5.41) is 7.15. The molecule has 1 saturated heterocycles. The number of aliphatic imine (C=N–C) groups is 1. The Balaban J connectivity index is 1.33. The Morgan fingerprint density at radius 2 is 1.91 bits per heavy atom. The Morgan fingerprint density at radius 1 is 1.16 bits per heavy atom. The molecule has 0 radical (unpaired) electrons. The van der Waals surface area contributed by atoms with Gasteiger partial charge in [-0.25, -0.2) is 4.98 Å². The fourth-order valence-corrected chi connectivity index (χ4v) is 4.44. The van der Waals surface area contributed by atoms with Gasteiger partial charge in [0.05, 0.1) is 16.8 Å². The molecule has 2 N–H and O–H groups in total. The second-order valence-electron chi connectivity index (χ2n) is 9.55. The summed E-state index contributed by atoms with van der Waals surface area (Å²) in [4.78, 5) is 24.5. The van der Waals surface area contributed by atoms with Gasteiger partial charge in [0, 0.05) is 19.3 Å². The lowest BCUT2D eigenvalue weighted by Gasteiger charge is -2.47. The minimum Gasteiger partial charge on any atom is -0.485 e. The molecular weight excluding hydrogens is 406 g/mol. The maximum Gasteiger partial charge on any atom is 0.267 e. The van der Waals surface area contributed by atoms with E-state index in [1.165, 1.54) is 0 Å². The number of pyridine rings is 1. The highest BCUT2D eigenvalue weighted by Crippen LogP contribution is 2.37. The predicted octanol–water partition coefficient (Wildman–Crippen LogP) is 3.32. The van der Waals surface area contributed by atoms with Crippen molar-refractivity contribution in [2.24, 2.45) is 4.99 Å². The zero-order valence-corrected chi connectivity index (χ0v) is 18.7. The van der Waals surface area contributed by atoms with Crippen molar-refractivity contribution in [1.82, 2.24) is 9.88 Å². The fraction of sp³-hybridized carbons (Fsp3) is 0.458. The third-order valence-corrected chi connectivity index (χ3v) is 6.03. The summed E-state index contributed by atoms with van der Waals surface area (Å²) in [5.74, 6) is 2.93. The van der Waals surface area contributed by atoms with Crippen LogP contribution in [0.4, 0.5) is 11.5 Å². The Kier molecular flexibility index (Phi) is 4.95. The molecule has 8 nitrogen and oxygen atoms in total. The molecule has 2 aromatic rings. The lowest BCUT2D eigenvalue weighted by Crippen LogP contribution is -2.61. The first-order valence-electron chi connectivity index (χ1n) is 11.1. The minimum atomic E-state index is -0.621. The second kappa shape index (κ2) is 7.69. The van der Waals surface area contributed by atoms with Gasteiger partial charge in [-0.15, -0.1) is 0 Å². The number of amidine groups is 1. The molecule has 3 aliphatic rings. The Hall–Kier alpha value is -3.29. The Morgan fingerprint density at radius 3 is 2.66 bits per heavy atom. The van der Waals surface area contributed by atoms with E-state index in [9.17, 15) is 4.79 Å². The number of benzene rings is 1. The van der Waals surface area contributed by atoms with Crippen molar-refractivity contribution in [1.29, 1.82) is 0 Å². The van der Waals surface area contributed by atoms with Gasteiger partial charge in [0.25, 0.3) is 5.91 Å². The van der Waals surface area contributed by atoms with Gasteiger partial charge in [-0.05, 0) is 57.9 Å². The summed E-state index contributed by atoms with van der Waals surface area (Å²) in [6, 6.07) is 11.4. The molecule has 1 amide bonds. The third-order valence-electron chi connectivity index (χ3n) is 6.03. The number of anilines is 2. The zero-order chi connectivity index (χ0) is 22.3. The van der Waals surface area contributed by atoms with Crippen LogP contribution in [0, 0.1) is 0 Å². The van der Waals surface area contributed by atoms with Crippen LogP contribution >= 0.6 is 0 Å². The molecule has 0 aliphatic carbocycles. The summed E-state index contributed by atoms with van der Waals surface area (Å²) >= 11 is 0. The molecule has 1 atom stereocenters. The van der Waals surface area contributed by atoms with Crippen molar-refractivity contribution in [3.63, 3.8) is 0 Å². The SMILES string of the molecule is CC(C)(C)N=C1Nc2ncccc2NC12CCN(C(=O)C1COc3ccccc3O1)CC2. The first-order valence-corrected chi connectivity index (χ1v) is 11.1. The van der Waals surface area contributed by atoms with Crippen LogP contribution in [-0.4, -0.2) is 58.5 Å². The number of nitrogens with one attached hydrogen (secondary N) is 2. The van der Waals surface area contributed by atoms with Gasteiger partial charge in [-0.1, -0.05) is 12.1 Å². The van der Waals surface area contributed by atoms with Crippen LogP contribution in [-0.2, 0) is 4.79 Å². The fourth-order valence-electron chi connectivity index (χ4n) is 4.44. The van der Waals surface area contributed by atoms with Crippen LogP contribution in [0.2, 0.25) is 0 Å².